The Kier molecular flexibility index (Phi) is 8.10. The van der Waals surface area contributed by atoms with E-state index in [0.29, 0.717) is 0 Å². The van der Waals surface area contributed by atoms with Crippen LogP contribution in [0.5, 0.6) is 0 Å². The Morgan fingerprint density at radius 3 is 1.08 bits per heavy atom. The van der Waals surface area contributed by atoms with Crippen LogP contribution in [-0.4, -0.2) is 49.5 Å². The van der Waals surface area contributed by atoms with Crippen molar-refractivity contribution in [3.05, 3.63) is 11.4 Å². The molecule has 148 valence electrons. The molecule has 0 saturated heterocycles. The smallest absolute Gasteiger partial charge is 0.412 e. The van der Waals surface area contributed by atoms with Crippen molar-refractivity contribution in [1.82, 2.24) is 10.6 Å². The zero-order chi connectivity index (χ0) is 20.7. The quantitative estimate of drug-likeness (QED) is 0.431. The van der Waals surface area contributed by atoms with Gasteiger partial charge >= 0.3 is 24.1 Å². The molecule has 10 heteroatoms. The molecule has 0 unspecified atom stereocenters. The highest BCUT2D eigenvalue weighted by Gasteiger charge is 2.29. The molecule has 0 atom stereocenters. The number of carbonyl (C=O) groups is 4. The second-order valence-corrected chi connectivity index (χ2v) is 6.99. The first-order valence-corrected chi connectivity index (χ1v) is 7.61. The van der Waals surface area contributed by atoms with Crippen molar-refractivity contribution >= 4 is 24.1 Å². The number of nitrogens with one attached hydrogen (secondary N) is 2. The maximum absolute atomic E-state index is 12.0. The fourth-order valence-electron chi connectivity index (χ4n) is 1.45. The zero-order valence-electron chi connectivity index (χ0n) is 16.3. The van der Waals surface area contributed by atoms with Crippen LogP contribution in [0.2, 0.25) is 0 Å². The highest BCUT2D eigenvalue weighted by Crippen LogP contribution is 2.11. The first kappa shape index (κ1) is 23.2. The van der Waals surface area contributed by atoms with Crippen molar-refractivity contribution in [2.45, 2.75) is 52.7 Å². The van der Waals surface area contributed by atoms with E-state index in [-0.39, 0.29) is 0 Å². The molecule has 0 rings (SSSR count). The largest absolute Gasteiger partial charge is 0.464 e. The van der Waals surface area contributed by atoms with Crippen molar-refractivity contribution in [2.75, 3.05) is 14.2 Å². The molecular weight excluding hydrogens is 348 g/mol. The lowest BCUT2D eigenvalue weighted by molar-refractivity contribution is -0.140. The van der Waals surface area contributed by atoms with E-state index >= 15 is 0 Å². The third-order valence-electron chi connectivity index (χ3n) is 2.28. The highest BCUT2D eigenvalue weighted by atomic mass is 16.6. The van der Waals surface area contributed by atoms with Gasteiger partial charge in [0, 0.05) is 0 Å². The molecule has 0 spiro atoms. The number of rotatable bonds is 4. The van der Waals surface area contributed by atoms with E-state index in [2.05, 4.69) is 20.1 Å². The van der Waals surface area contributed by atoms with Crippen molar-refractivity contribution < 1.29 is 38.1 Å². The molecule has 0 heterocycles. The molecule has 0 radical (unpaired) electrons. The lowest BCUT2D eigenvalue weighted by Gasteiger charge is -2.22. The fraction of sp³-hybridized carbons (Fsp3) is 0.625. The lowest BCUT2D eigenvalue weighted by Crippen LogP contribution is -2.41. The zero-order valence-corrected chi connectivity index (χ0v) is 16.3. The minimum absolute atomic E-state index is 0.667. The predicted molar refractivity (Wildman–Crippen MR) is 89.8 cm³/mol. The van der Waals surface area contributed by atoms with E-state index in [4.69, 9.17) is 9.47 Å². The van der Waals surface area contributed by atoms with Crippen molar-refractivity contribution in [1.29, 1.82) is 0 Å². The second-order valence-electron chi connectivity index (χ2n) is 6.99. The predicted octanol–water partition coefficient (Wildman–Crippen LogP) is 1.59. The summed E-state index contributed by atoms with van der Waals surface area (Å²) in [4.78, 5) is 47.9. The van der Waals surface area contributed by atoms with Gasteiger partial charge in [-0.3, -0.25) is 10.6 Å². The van der Waals surface area contributed by atoms with Crippen LogP contribution in [0.15, 0.2) is 11.4 Å². The number of alkyl carbamates (subject to hydrolysis) is 2. The number of ether oxygens (including phenoxy) is 4. The summed E-state index contributed by atoms with van der Waals surface area (Å²) in [6.45, 7) is 9.63. The average Bonchev–Trinajstić information content (AvgIpc) is 2.45. The maximum Gasteiger partial charge on any atom is 0.412 e. The maximum atomic E-state index is 12.0. The van der Waals surface area contributed by atoms with E-state index in [1.807, 2.05) is 0 Å². The first-order chi connectivity index (χ1) is 11.7. The fourth-order valence-corrected chi connectivity index (χ4v) is 1.45. The van der Waals surface area contributed by atoms with Gasteiger partial charge in [0.15, 0.2) is 11.4 Å². The standard InChI is InChI=1S/C16H26N2O8/c1-15(2,3)25-13(21)17-9(11(19)23-7)10(12(20)24-8)18-14(22)26-16(4,5)6/h1-8H3,(H,17,21)(H,18,22)/b10-9+. The van der Waals surface area contributed by atoms with Gasteiger partial charge in [-0.2, -0.15) is 0 Å². The highest BCUT2D eigenvalue weighted by molar-refractivity contribution is 6.03. The summed E-state index contributed by atoms with van der Waals surface area (Å²) < 4.78 is 19.1. The van der Waals surface area contributed by atoms with Gasteiger partial charge in [-0.15, -0.1) is 0 Å². The number of hydrogen-bond donors (Lipinski definition) is 2. The lowest BCUT2D eigenvalue weighted by atomic mass is 10.2. The van der Waals surface area contributed by atoms with Crippen LogP contribution in [0.25, 0.3) is 0 Å². The molecule has 0 bridgehead atoms. The Hall–Kier alpha value is -2.78. The average molecular weight is 374 g/mol. The molecule has 10 nitrogen and oxygen atoms in total. The van der Waals surface area contributed by atoms with Gasteiger partial charge in [0.2, 0.25) is 0 Å². The summed E-state index contributed by atoms with van der Waals surface area (Å²) in [5.74, 6) is -2.21. The summed E-state index contributed by atoms with van der Waals surface area (Å²) in [7, 11) is 2.06. The van der Waals surface area contributed by atoms with Gasteiger partial charge in [0.1, 0.15) is 11.2 Å². The second kappa shape index (κ2) is 9.07. The van der Waals surface area contributed by atoms with E-state index in [0.717, 1.165) is 14.2 Å². The molecule has 0 fully saturated rings. The van der Waals surface area contributed by atoms with E-state index in [1.165, 1.54) is 0 Å². The van der Waals surface area contributed by atoms with Crippen molar-refractivity contribution in [3.63, 3.8) is 0 Å². The number of amides is 2. The Bertz CT molecular complexity index is 544. The normalized spacial score (nSPS) is 12.3. The van der Waals surface area contributed by atoms with Crippen LogP contribution in [0.3, 0.4) is 0 Å². The first-order valence-electron chi connectivity index (χ1n) is 7.61. The Morgan fingerprint density at radius 1 is 0.615 bits per heavy atom. The summed E-state index contributed by atoms with van der Waals surface area (Å²) >= 11 is 0. The molecular formula is C16H26N2O8. The molecule has 0 saturated carbocycles. The molecule has 26 heavy (non-hydrogen) atoms. The SMILES string of the molecule is COC(=O)/C(NC(=O)OC(C)(C)C)=C(\NC(=O)OC(C)(C)C)C(=O)OC. The van der Waals surface area contributed by atoms with E-state index in [1.54, 1.807) is 41.5 Å². The summed E-state index contributed by atoms with van der Waals surface area (Å²) in [5, 5.41) is 4.16. The molecule has 0 aromatic carbocycles. The van der Waals surface area contributed by atoms with Gasteiger partial charge in [0.05, 0.1) is 14.2 Å². The molecule has 2 amide bonds. The van der Waals surface area contributed by atoms with Crippen molar-refractivity contribution in [3.8, 4) is 0 Å². The Morgan fingerprint density at radius 2 is 0.885 bits per heavy atom. The van der Waals surface area contributed by atoms with Crippen LogP contribution in [0.1, 0.15) is 41.5 Å². The summed E-state index contributed by atoms with van der Waals surface area (Å²) in [6, 6.07) is 0. The number of carbonyl (C=O) groups excluding carboxylic acids is 4. The molecule has 2 N–H and O–H groups in total. The van der Waals surface area contributed by atoms with E-state index in [9.17, 15) is 19.2 Å². The van der Waals surface area contributed by atoms with Crippen LogP contribution in [0.4, 0.5) is 9.59 Å². The monoisotopic (exact) mass is 374 g/mol. The minimum atomic E-state index is -1.10. The van der Waals surface area contributed by atoms with Gasteiger partial charge < -0.3 is 18.9 Å². The number of esters is 2. The number of hydrogen-bond acceptors (Lipinski definition) is 8. The third-order valence-corrected chi connectivity index (χ3v) is 2.28. The molecule has 0 aliphatic heterocycles. The molecule has 0 aliphatic carbocycles. The van der Waals surface area contributed by atoms with Crippen LogP contribution >= 0.6 is 0 Å². The Balaban J connectivity index is 5.83. The molecule has 0 aromatic heterocycles. The van der Waals surface area contributed by atoms with Crippen LogP contribution in [-0.2, 0) is 28.5 Å². The van der Waals surface area contributed by atoms with Crippen molar-refractivity contribution in [2.24, 2.45) is 0 Å². The summed E-state index contributed by atoms with van der Waals surface area (Å²) in [6.07, 6.45) is -2.07. The van der Waals surface area contributed by atoms with Gasteiger partial charge in [-0.05, 0) is 41.5 Å². The summed E-state index contributed by atoms with van der Waals surface area (Å²) in [5.41, 5.74) is -3.07. The minimum Gasteiger partial charge on any atom is -0.464 e. The molecule has 0 aromatic rings. The van der Waals surface area contributed by atoms with Gasteiger partial charge in [-0.1, -0.05) is 0 Å². The third kappa shape index (κ3) is 8.90. The topological polar surface area (TPSA) is 129 Å². The van der Waals surface area contributed by atoms with Gasteiger partial charge in [0.25, 0.3) is 0 Å². The molecule has 0 aliphatic rings. The number of methoxy groups -OCH3 is 2. The Labute approximate surface area is 152 Å². The van der Waals surface area contributed by atoms with E-state index < -0.39 is 46.7 Å². The van der Waals surface area contributed by atoms with Crippen LogP contribution in [0, 0.1) is 0 Å². The van der Waals surface area contributed by atoms with Crippen LogP contribution < -0.4 is 10.6 Å². The van der Waals surface area contributed by atoms with Gasteiger partial charge in [-0.25, -0.2) is 19.2 Å².